The van der Waals surface area contributed by atoms with E-state index in [1.54, 1.807) is 0 Å². The van der Waals surface area contributed by atoms with Gasteiger partial charge in [-0.25, -0.2) is 0 Å². The van der Waals surface area contributed by atoms with Crippen molar-refractivity contribution in [3.05, 3.63) is 29.8 Å². The van der Waals surface area contributed by atoms with Crippen molar-refractivity contribution in [2.75, 3.05) is 26.2 Å². The molecule has 0 bridgehead atoms. The molecule has 1 unspecified atom stereocenters. The van der Waals surface area contributed by atoms with Crippen LogP contribution in [0.3, 0.4) is 0 Å². The van der Waals surface area contributed by atoms with Gasteiger partial charge in [-0.1, -0.05) is 23.4 Å². The van der Waals surface area contributed by atoms with Gasteiger partial charge in [0.2, 0.25) is 0 Å². The molecule has 0 aromatic heterocycles. The molecule has 1 aromatic rings. The number of likely N-dealkylation sites (tertiary alicyclic amines) is 1. The summed E-state index contributed by atoms with van der Waals surface area (Å²) in [5, 5.41) is 11.9. The molecule has 21 heavy (non-hydrogen) atoms. The van der Waals surface area contributed by atoms with Gasteiger partial charge in [0.05, 0.1) is 6.61 Å². The fourth-order valence-electron chi connectivity index (χ4n) is 3.41. The number of oxime groups is 1. The first-order valence-electron chi connectivity index (χ1n) is 7.69. The Bertz CT molecular complexity index is 510. The van der Waals surface area contributed by atoms with Crippen molar-refractivity contribution < 1.29 is 9.94 Å². The molecule has 0 spiro atoms. The molecule has 2 heterocycles. The maximum atomic E-state index is 8.76. The van der Waals surface area contributed by atoms with Crippen LogP contribution < -0.4 is 10.5 Å². The highest BCUT2D eigenvalue weighted by Gasteiger charge is 2.27. The predicted octanol–water partition coefficient (Wildman–Crippen LogP) is 2.01. The van der Waals surface area contributed by atoms with Gasteiger partial charge in [0.1, 0.15) is 11.6 Å². The number of ether oxygens (including phenoxy) is 1. The summed E-state index contributed by atoms with van der Waals surface area (Å²) in [4.78, 5) is 2.49. The van der Waals surface area contributed by atoms with Crippen LogP contribution in [-0.2, 0) is 0 Å². The molecule has 5 heteroatoms. The van der Waals surface area contributed by atoms with Crippen LogP contribution in [0.25, 0.3) is 0 Å². The molecule has 2 aliphatic rings. The Morgan fingerprint density at radius 1 is 1.29 bits per heavy atom. The predicted molar refractivity (Wildman–Crippen MR) is 81.9 cm³/mol. The van der Waals surface area contributed by atoms with Gasteiger partial charge >= 0.3 is 0 Å². The molecule has 3 N–H and O–H groups in total. The van der Waals surface area contributed by atoms with Gasteiger partial charge in [0, 0.05) is 18.4 Å². The number of fused-ring (bicyclic) bond motifs is 1. The van der Waals surface area contributed by atoms with Crippen LogP contribution in [0.15, 0.2) is 29.4 Å². The molecule has 0 aliphatic carbocycles. The third-order valence-corrected chi connectivity index (χ3v) is 4.68. The van der Waals surface area contributed by atoms with E-state index in [0.29, 0.717) is 11.8 Å². The highest BCUT2D eigenvalue weighted by molar-refractivity contribution is 5.82. The van der Waals surface area contributed by atoms with E-state index in [1.165, 1.54) is 5.56 Å². The van der Waals surface area contributed by atoms with Crippen molar-refractivity contribution >= 4 is 5.84 Å². The van der Waals surface area contributed by atoms with E-state index in [0.717, 1.165) is 51.3 Å². The maximum Gasteiger partial charge on any atom is 0.142 e. The lowest BCUT2D eigenvalue weighted by atomic mass is 9.90. The number of hydrogen-bond donors (Lipinski definition) is 2. The summed E-state index contributed by atoms with van der Waals surface area (Å²) in [5.41, 5.74) is 7.04. The van der Waals surface area contributed by atoms with Crippen LogP contribution in [0, 0.1) is 5.92 Å². The third-order valence-electron chi connectivity index (χ3n) is 4.68. The van der Waals surface area contributed by atoms with E-state index in [2.05, 4.69) is 28.3 Å². The molecule has 3 rings (SSSR count). The van der Waals surface area contributed by atoms with E-state index in [4.69, 9.17) is 15.7 Å². The molecule has 2 aliphatic heterocycles. The lowest BCUT2D eigenvalue weighted by molar-refractivity contribution is 0.174. The van der Waals surface area contributed by atoms with Crippen LogP contribution in [0.2, 0.25) is 0 Å². The molecule has 114 valence electrons. The van der Waals surface area contributed by atoms with Gasteiger partial charge in [0.25, 0.3) is 0 Å². The molecule has 1 atom stereocenters. The van der Waals surface area contributed by atoms with Crippen molar-refractivity contribution in [2.45, 2.75) is 25.2 Å². The van der Waals surface area contributed by atoms with Gasteiger partial charge in [0.15, 0.2) is 0 Å². The molecule has 1 aromatic carbocycles. The Morgan fingerprint density at radius 2 is 2.05 bits per heavy atom. The average Bonchev–Trinajstić information content (AvgIpc) is 2.55. The molecule has 0 radical (unpaired) electrons. The smallest absolute Gasteiger partial charge is 0.142 e. The van der Waals surface area contributed by atoms with Crippen molar-refractivity contribution in [3.8, 4) is 5.75 Å². The van der Waals surface area contributed by atoms with Gasteiger partial charge in [-0.05, 0) is 44.0 Å². The molecular weight excluding hydrogens is 266 g/mol. The Hall–Kier alpha value is -1.75. The second kappa shape index (κ2) is 6.35. The van der Waals surface area contributed by atoms with Crippen LogP contribution in [0.4, 0.5) is 0 Å². The molecule has 1 fully saturated rings. The summed E-state index contributed by atoms with van der Waals surface area (Å²) in [7, 11) is 0. The first-order valence-corrected chi connectivity index (χ1v) is 7.69. The molecule has 5 nitrogen and oxygen atoms in total. The zero-order valence-electron chi connectivity index (χ0n) is 12.2. The number of benzene rings is 1. The van der Waals surface area contributed by atoms with Crippen molar-refractivity contribution in [3.63, 3.8) is 0 Å². The quantitative estimate of drug-likeness (QED) is 0.386. The van der Waals surface area contributed by atoms with E-state index in [9.17, 15) is 0 Å². The van der Waals surface area contributed by atoms with Crippen molar-refractivity contribution in [2.24, 2.45) is 16.8 Å². The van der Waals surface area contributed by atoms with Gasteiger partial charge in [-0.3, -0.25) is 0 Å². The summed E-state index contributed by atoms with van der Waals surface area (Å²) >= 11 is 0. The Labute approximate surface area is 125 Å². The minimum atomic E-state index is 0.230. The largest absolute Gasteiger partial charge is 0.493 e. The summed E-state index contributed by atoms with van der Waals surface area (Å²) in [6.45, 7) is 3.91. The first-order chi connectivity index (χ1) is 10.3. The Balaban J connectivity index is 1.59. The number of piperidine rings is 1. The van der Waals surface area contributed by atoms with E-state index in [-0.39, 0.29) is 5.92 Å². The van der Waals surface area contributed by atoms with Crippen LogP contribution in [-0.4, -0.2) is 42.2 Å². The molecule has 0 amide bonds. The topological polar surface area (TPSA) is 71.1 Å². The normalized spacial score (nSPS) is 24.4. The van der Waals surface area contributed by atoms with Crippen LogP contribution in [0.1, 0.15) is 30.7 Å². The zero-order chi connectivity index (χ0) is 14.7. The highest BCUT2D eigenvalue weighted by Crippen LogP contribution is 2.34. The van der Waals surface area contributed by atoms with Gasteiger partial charge in [-0.15, -0.1) is 0 Å². The minimum Gasteiger partial charge on any atom is -0.493 e. The van der Waals surface area contributed by atoms with Gasteiger partial charge < -0.3 is 20.6 Å². The Morgan fingerprint density at radius 3 is 2.81 bits per heavy atom. The summed E-state index contributed by atoms with van der Waals surface area (Å²) in [6.07, 6.45) is 3.03. The summed E-state index contributed by atoms with van der Waals surface area (Å²) < 4.78 is 5.73. The van der Waals surface area contributed by atoms with Gasteiger partial charge in [-0.2, -0.15) is 0 Å². The van der Waals surface area contributed by atoms with Crippen LogP contribution in [0.5, 0.6) is 5.75 Å². The van der Waals surface area contributed by atoms with Crippen LogP contribution >= 0.6 is 0 Å². The van der Waals surface area contributed by atoms with Crippen molar-refractivity contribution in [1.29, 1.82) is 0 Å². The first kappa shape index (κ1) is 14.2. The Kier molecular flexibility index (Phi) is 4.29. The lowest BCUT2D eigenvalue weighted by Gasteiger charge is -2.35. The second-order valence-corrected chi connectivity index (χ2v) is 5.97. The SMILES string of the molecule is N/C(=N/O)C1CCN(CC2CCOc3ccccc32)CC1. The summed E-state index contributed by atoms with van der Waals surface area (Å²) in [6, 6.07) is 8.36. The highest BCUT2D eigenvalue weighted by atomic mass is 16.5. The zero-order valence-corrected chi connectivity index (χ0v) is 12.2. The fraction of sp³-hybridized carbons (Fsp3) is 0.562. The maximum absolute atomic E-state index is 8.76. The molecule has 0 saturated carbocycles. The number of hydrogen-bond acceptors (Lipinski definition) is 4. The molecule has 1 saturated heterocycles. The van der Waals surface area contributed by atoms with E-state index in [1.807, 2.05) is 6.07 Å². The van der Waals surface area contributed by atoms with E-state index < -0.39 is 0 Å². The number of rotatable bonds is 3. The standard InChI is InChI=1S/C16H23N3O2/c17-16(18-20)12-5-8-19(9-6-12)11-13-7-10-21-15-4-2-1-3-14(13)15/h1-4,12-13,20H,5-11H2,(H2,17,18). The monoisotopic (exact) mass is 289 g/mol. The van der Waals surface area contributed by atoms with E-state index >= 15 is 0 Å². The number of nitrogens with zero attached hydrogens (tertiary/aromatic N) is 2. The number of nitrogens with two attached hydrogens (primary N) is 1. The molecular formula is C16H23N3O2. The minimum absolute atomic E-state index is 0.230. The number of para-hydroxylation sites is 1. The summed E-state index contributed by atoms with van der Waals surface area (Å²) in [5.74, 6) is 2.20. The lowest BCUT2D eigenvalue weighted by Crippen LogP contribution is -2.41. The fourth-order valence-corrected chi connectivity index (χ4v) is 3.41. The average molecular weight is 289 g/mol. The third kappa shape index (κ3) is 3.13. The second-order valence-electron chi connectivity index (χ2n) is 5.97. The van der Waals surface area contributed by atoms with Crippen molar-refractivity contribution in [1.82, 2.24) is 4.90 Å². The number of amidine groups is 1.